The molecule has 1 aliphatic rings. The monoisotopic (exact) mass is 398 g/mol. The quantitative estimate of drug-likeness (QED) is 0.462. The number of carbonyl (C=O) groups excluding carboxylic acids is 1. The van der Waals surface area contributed by atoms with Crippen LogP contribution in [0.1, 0.15) is 23.3 Å². The van der Waals surface area contributed by atoms with Crippen LogP contribution in [0.25, 0.3) is 11.4 Å². The van der Waals surface area contributed by atoms with Crippen molar-refractivity contribution in [3.63, 3.8) is 0 Å². The smallest absolute Gasteiger partial charge is 0.192 e. The van der Waals surface area contributed by atoms with E-state index in [2.05, 4.69) is 19.7 Å². The molecule has 0 aliphatic carbocycles. The number of carbonyl (C=O) groups is 1. The highest BCUT2D eigenvalue weighted by Crippen LogP contribution is 2.28. The summed E-state index contributed by atoms with van der Waals surface area (Å²) in [7, 11) is 1.64. The highest BCUT2D eigenvalue weighted by molar-refractivity contribution is 7.99. The van der Waals surface area contributed by atoms with Crippen LogP contribution < -0.4 is 4.74 Å². The molecule has 1 fully saturated rings. The van der Waals surface area contributed by atoms with Gasteiger partial charge in [-0.3, -0.25) is 9.36 Å². The molecule has 0 radical (unpaired) electrons. The van der Waals surface area contributed by atoms with Crippen molar-refractivity contribution in [3.8, 4) is 17.1 Å². The topological polar surface area (TPSA) is 82.0 Å². The van der Waals surface area contributed by atoms with Crippen LogP contribution in [-0.4, -0.2) is 51.1 Å². The zero-order chi connectivity index (χ0) is 19.3. The molecule has 7 nitrogen and oxygen atoms in total. The fourth-order valence-electron chi connectivity index (χ4n) is 3.22. The van der Waals surface area contributed by atoms with Gasteiger partial charge in [-0.25, -0.2) is 0 Å². The number of aromatic nitrogens is 4. The minimum atomic E-state index is 0.0349. The molecule has 3 heterocycles. The zero-order valence-electron chi connectivity index (χ0n) is 15.6. The van der Waals surface area contributed by atoms with Gasteiger partial charge in [-0.1, -0.05) is 11.8 Å². The molecule has 0 amide bonds. The first-order valence-electron chi connectivity index (χ1n) is 9.23. The van der Waals surface area contributed by atoms with Crippen molar-refractivity contribution in [1.82, 2.24) is 19.7 Å². The molecule has 8 heteroatoms. The second-order valence-corrected chi connectivity index (χ2v) is 7.52. The Morgan fingerprint density at radius 2 is 2.18 bits per heavy atom. The van der Waals surface area contributed by atoms with Crippen LogP contribution in [0.2, 0.25) is 0 Å². The van der Waals surface area contributed by atoms with Crippen LogP contribution in [0, 0.1) is 0 Å². The molecule has 1 unspecified atom stereocenters. The van der Waals surface area contributed by atoms with E-state index in [4.69, 9.17) is 9.47 Å². The summed E-state index contributed by atoms with van der Waals surface area (Å²) in [5.74, 6) is 1.90. The van der Waals surface area contributed by atoms with Crippen molar-refractivity contribution in [2.75, 3.05) is 19.5 Å². The van der Waals surface area contributed by atoms with Crippen molar-refractivity contribution in [3.05, 3.63) is 48.3 Å². The molecule has 4 rings (SSSR count). The van der Waals surface area contributed by atoms with Crippen molar-refractivity contribution in [1.29, 1.82) is 0 Å². The first-order valence-corrected chi connectivity index (χ1v) is 10.2. The Bertz CT molecular complexity index is 916. The first-order chi connectivity index (χ1) is 13.7. The third kappa shape index (κ3) is 4.13. The highest BCUT2D eigenvalue weighted by Gasteiger charge is 2.22. The van der Waals surface area contributed by atoms with Crippen LogP contribution in [0.15, 0.2) is 47.8 Å². The molecule has 1 saturated heterocycles. The summed E-state index contributed by atoms with van der Waals surface area (Å²) in [6.45, 7) is 1.46. The van der Waals surface area contributed by atoms with Crippen LogP contribution >= 0.6 is 11.8 Å². The van der Waals surface area contributed by atoms with Crippen LogP contribution in [-0.2, 0) is 11.3 Å². The van der Waals surface area contributed by atoms with Gasteiger partial charge in [0.1, 0.15) is 5.75 Å². The molecule has 0 bridgehead atoms. The SMILES string of the molecule is COc1ccc(-c2nnc(SCC(=O)c3ccc[nH]3)n2CC2CCCO2)cc1. The molecule has 1 aliphatic heterocycles. The van der Waals surface area contributed by atoms with Crippen LogP contribution in [0.5, 0.6) is 5.75 Å². The molecular formula is C20H22N4O3S. The van der Waals surface area contributed by atoms with Gasteiger partial charge >= 0.3 is 0 Å². The average molecular weight is 398 g/mol. The lowest BCUT2D eigenvalue weighted by molar-refractivity contribution is 0.0953. The maximum Gasteiger partial charge on any atom is 0.192 e. The van der Waals surface area contributed by atoms with Gasteiger partial charge in [0, 0.05) is 18.4 Å². The normalized spacial score (nSPS) is 16.4. The number of H-pyrrole nitrogens is 1. The van der Waals surface area contributed by atoms with E-state index in [1.807, 2.05) is 30.3 Å². The predicted octanol–water partition coefficient (Wildman–Crippen LogP) is 3.44. The van der Waals surface area contributed by atoms with Gasteiger partial charge in [0.05, 0.1) is 31.2 Å². The highest BCUT2D eigenvalue weighted by atomic mass is 32.2. The Balaban J connectivity index is 1.57. The molecule has 3 aromatic rings. The van der Waals surface area contributed by atoms with Gasteiger partial charge in [-0.2, -0.15) is 0 Å². The molecule has 2 aromatic heterocycles. The average Bonchev–Trinajstić information content (AvgIpc) is 3.49. The maximum absolute atomic E-state index is 12.3. The lowest BCUT2D eigenvalue weighted by atomic mass is 10.2. The van der Waals surface area contributed by atoms with Gasteiger partial charge in [0.15, 0.2) is 16.8 Å². The molecule has 0 spiro atoms. The van der Waals surface area contributed by atoms with E-state index in [0.717, 1.165) is 41.7 Å². The van der Waals surface area contributed by atoms with Crippen molar-refractivity contribution in [2.24, 2.45) is 0 Å². The summed E-state index contributed by atoms with van der Waals surface area (Å²) in [5.41, 5.74) is 1.56. The van der Waals surface area contributed by atoms with E-state index in [1.165, 1.54) is 11.8 Å². The third-order valence-electron chi connectivity index (χ3n) is 4.71. The third-order valence-corrected chi connectivity index (χ3v) is 5.67. The summed E-state index contributed by atoms with van der Waals surface area (Å²) in [5, 5.41) is 9.48. The minimum absolute atomic E-state index is 0.0349. The van der Waals surface area contributed by atoms with E-state index < -0.39 is 0 Å². The number of benzene rings is 1. The maximum atomic E-state index is 12.3. The lowest BCUT2D eigenvalue weighted by Crippen LogP contribution is -2.17. The molecule has 0 saturated carbocycles. The number of thioether (sulfide) groups is 1. The van der Waals surface area contributed by atoms with E-state index in [0.29, 0.717) is 18.0 Å². The Hall–Kier alpha value is -2.58. The Morgan fingerprint density at radius 1 is 1.32 bits per heavy atom. The number of ether oxygens (including phenoxy) is 2. The van der Waals surface area contributed by atoms with E-state index in [-0.39, 0.29) is 11.9 Å². The summed E-state index contributed by atoms with van der Waals surface area (Å²) in [6.07, 6.45) is 3.98. The summed E-state index contributed by atoms with van der Waals surface area (Å²) < 4.78 is 13.1. The molecule has 1 atom stereocenters. The summed E-state index contributed by atoms with van der Waals surface area (Å²) >= 11 is 1.40. The second kappa shape index (κ2) is 8.62. The number of Topliss-reactive ketones (excluding diaryl/α,β-unsaturated/α-hetero) is 1. The van der Waals surface area contributed by atoms with E-state index >= 15 is 0 Å². The second-order valence-electron chi connectivity index (χ2n) is 6.58. The Morgan fingerprint density at radius 3 is 2.86 bits per heavy atom. The standard InChI is InChI=1S/C20H22N4O3S/c1-26-15-8-6-14(7-9-15)19-22-23-20(24(19)12-16-4-3-11-27-16)28-13-18(25)17-5-2-10-21-17/h2,5-10,16,21H,3-4,11-13H2,1H3. The Kier molecular flexibility index (Phi) is 5.78. The van der Waals surface area contributed by atoms with E-state index in [1.54, 1.807) is 19.4 Å². The predicted molar refractivity (Wildman–Crippen MR) is 107 cm³/mol. The van der Waals surface area contributed by atoms with Gasteiger partial charge in [-0.15, -0.1) is 10.2 Å². The molecule has 146 valence electrons. The van der Waals surface area contributed by atoms with Gasteiger partial charge in [0.2, 0.25) is 0 Å². The number of nitrogens with zero attached hydrogens (tertiary/aromatic N) is 3. The molecule has 1 aromatic carbocycles. The fraction of sp³-hybridized carbons (Fsp3) is 0.350. The van der Waals surface area contributed by atoms with Gasteiger partial charge in [-0.05, 0) is 49.2 Å². The van der Waals surface area contributed by atoms with Crippen molar-refractivity contribution >= 4 is 17.5 Å². The molecule has 1 N–H and O–H groups in total. The number of hydrogen-bond donors (Lipinski definition) is 1. The van der Waals surface area contributed by atoms with Gasteiger partial charge < -0.3 is 14.5 Å². The van der Waals surface area contributed by atoms with Crippen LogP contribution in [0.3, 0.4) is 0 Å². The number of rotatable bonds is 8. The largest absolute Gasteiger partial charge is 0.497 e. The Labute approximate surface area is 167 Å². The number of nitrogens with one attached hydrogen (secondary N) is 1. The van der Waals surface area contributed by atoms with Crippen molar-refractivity contribution < 1.29 is 14.3 Å². The first kappa shape index (κ1) is 18.8. The lowest BCUT2D eigenvalue weighted by Gasteiger charge is -2.14. The van der Waals surface area contributed by atoms with Gasteiger partial charge in [0.25, 0.3) is 0 Å². The van der Waals surface area contributed by atoms with Crippen molar-refractivity contribution in [2.45, 2.75) is 30.6 Å². The molecule has 28 heavy (non-hydrogen) atoms. The number of ketones is 1. The number of hydrogen-bond acceptors (Lipinski definition) is 6. The number of methoxy groups -OCH3 is 1. The van der Waals surface area contributed by atoms with Crippen LogP contribution in [0.4, 0.5) is 0 Å². The molecular weight excluding hydrogens is 376 g/mol. The minimum Gasteiger partial charge on any atom is -0.497 e. The zero-order valence-corrected chi connectivity index (χ0v) is 16.4. The fourth-order valence-corrected chi connectivity index (χ4v) is 4.05. The number of aromatic amines is 1. The summed E-state index contributed by atoms with van der Waals surface area (Å²) in [4.78, 5) is 15.3. The van der Waals surface area contributed by atoms with E-state index in [9.17, 15) is 4.79 Å². The summed E-state index contributed by atoms with van der Waals surface area (Å²) in [6, 6.07) is 11.3.